The first-order valence-corrected chi connectivity index (χ1v) is 20.2. The van der Waals surface area contributed by atoms with Crippen LogP contribution in [0.5, 0.6) is 5.75 Å². The van der Waals surface area contributed by atoms with Gasteiger partial charge in [0.15, 0.2) is 5.75 Å². The van der Waals surface area contributed by atoms with Crippen molar-refractivity contribution in [3.8, 4) is 5.75 Å². The predicted octanol–water partition coefficient (Wildman–Crippen LogP) is 6.78. The van der Waals surface area contributed by atoms with Crippen LogP contribution >= 0.6 is 34.3 Å². The van der Waals surface area contributed by atoms with Crippen molar-refractivity contribution < 1.29 is 54.9 Å². The summed E-state index contributed by atoms with van der Waals surface area (Å²) in [6.07, 6.45) is -10.7. The third-order valence-electron chi connectivity index (χ3n) is 9.79. The van der Waals surface area contributed by atoms with Gasteiger partial charge in [0.1, 0.15) is 17.3 Å². The third kappa shape index (κ3) is 10.4. The van der Waals surface area contributed by atoms with Crippen molar-refractivity contribution in [1.82, 2.24) is 25.1 Å². The van der Waals surface area contributed by atoms with E-state index in [0.29, 0.717) is 54.7 Å². The average Bonchev–Trinajstić information content (AvgIpc) is 3.82. The van der Waals surface area contributed by atoms with Crippen LogP contribution in [-0.4, -0.2) is 101 Å². The Morgan fingerprint density at radius 2 is 1.78 bits per heavy atom. The molecule has 2 saturated heterocycles. The topological polar surface area (TPSA) is 143 Å². The fourth-order valence-corrected chi connectivity index (χ4v) is 8.75. The van der Waals surface area contributed by atoms with Gasteiger partial charge in [-0.05, 0) is 55.1 Å². The van der Waals surface area contributed by atoms with Crippen LogP contribution < -0.4 is 14.9 Å². The van der Waals surface area contributed by atoms with Crippen LogP contribution in [0.2, 0.25) is 5.02 Å². The Kier molecular flexibility index (Phi) is 13.2. The van der Waals surface area contributed by atoms with Crippen LogP contribution in [0.3, 0.4) is 0 Å². The van der Waals surface area contributed by atoms with Gasteiger partial charge in [0, 0.05) is 54.6 Å². The second-order valence-electron chi connectivity index (χ2n) is 14.3. The lowest BCUT2D eigenvalue weighted by atomic mass is 9.89. The number of morpholine rings is 1. The van der Waals surface area contributed by atoms with E-state index in [9.17, 15) is 45.5 Å². The van der Waals surface area contributed by atoms with E-state index in [0.717, 1.165) is 54.2 Å². The van der Waals surface area contributed by atoms with Gasteiger partial charge in [0.05, 0.1) is 28.5 Å². The minimum absolute atomic E-state index is 0.0867. The summed E-state index contributed by atoms with van der Waals surface area (Å²) in [5.74, 6) is -5.65. The van der Waals surface area contributed by atoms with Crippen LogP contribution in [0.25, 0.3) is 10.2 Å². The number of carbonyl (C=O) groups is 3. The molecule has 2 aromatic heterocycles. The molecule has 2 aliphatic rings. The Hall–Kier alpha value is -4.08. The molecule has 2 fully saturated rings. The normalized spacial score (nSPS) is 16.9. The van der Waals surface area contributed by atoms with Crippen molar-refractivity contribution in [2.24, 2.45) is 0 Å². The molecule has 0 unspecified atom stereocenters. The lowest BCUT2D eigenvalue weighted by Gasteiger charge is -2.47. The first kappa shape index (κ1) is 43.5. The number of carbonyl (C=O) groups excluding carboxylic acids is 3. The predicted molar refractivity (Wildman–Crippen MR) is 202 cm³/mol. The van der Waals surface area contributed by atoms with Crippen LogP contribution in [0.4, 0.5) is 26.3 Å². The van der Waals surface area contributed by atoms with Gasteiger partial charge in [-0.1, -0.05) is 48.9 Å². The molecule has 0 aliphatic carbocycles. The Morgan fingerprint density at radius 1 is 1.05 bits per heavy atom. The summed E-state index contributed by atoms with van der Waals surface area (Å²) >= 11 is 8.42. The number of hydrogen-bond acceptors (Lipinski definition) is 12. The number of hydrogen-bond donors (Lipinski definition) is 2. The number of H-pyrrole nitrogens is 1. The largest absolute Gasteiger partial charge is 0.491 e. The fourth-order valence-electron chi connectivity index (χ4n) is 6.82. The number of piperidine rings is 1. The summed E-state index contributed by atoms with van der Waals surface area (Å²) < 4.78 is 93.7. The number of nitrogens with one attached hydrogen (secondary N) is 2. The maximum atomic E-state index is 13.3. The summed E-state index contributed by atoms with van der Waals surface area (Å²) in [5, 5.41) is 6.13. The number of ether oxygens (including phenoxy) is 3. The van der Waals surface area contributed by atoms with E-state index >= 15 is 0 Å². The lowest BCUT2D eigenvalue weighted by Crippen LogP contribution is -2.58. The molecule has 1 atom stereocenters. The van der Waals surface area contributed by atoms with Crippen molar-refractivity contribution in [3.63, 3.8) is 0 Å². The van der Waals surface area contributed by atoms with Crippen LogP contribution in [0, 0.1) is 0 Å². The Morgan fingerprint density at radius 3 is 2.45 bits per heavy atom. The molecule has 2 N–H and O–H groups in total. The monoisotopic (exact) mass is 877 g/mol. The van der Waals surface area contributed by atoms with Crippen molar-refractivity contribution >= 4 is 62.3 Å². The Labute approximate surface area is 340 Å². The van der Waals surface area contributed by atoms with Gasteiger partial charge in [-0.3, -0.25) is 14.5 Å². The highest BCUT2D eigenvalue weighted by Gasteiger charge is 2.44. The molecule has 2 aromatic carbocycles. The van der Waals surface area contributed by atoms with E-state index in [2.05, 4.69) is 24.9 Å². The second kappa shape index (κ2) is 17.6. The summed E-state index contributed by atoms with van der Waals surface area (Å²) in [6.45, 7) is 7.32. The number of halogens is 7. The van der Waals surface area contributed by atoms with E-state index in [1.807, 2.05) is 36.3 Å². The van der Waals surface area contributed by atoms with E-state index in [1.54, 1.807) is 6.07 Å². The quantitative estimate of drug-likeness (QED) is 0.0678. The zero-order valence-electron chi connectivity index (χ0n) is 31.1. The van der Waals surface area contributed by atoms with Crippen molar-refractivity contribution in [1.29, 1.82) is 0 Å². The van der Waals surface area contributed by atoms with Crippen LogP contribution in [-0.2, 0) is 32.0 Å². The molecule has 6 rings (SSSR count). The summed E-state index contributed by atoms with van der Waals surface area (Å²) in [4.78, 5) is 59.0. The third-order valence-corrected chi connectivity index (χ3v) is 12.2. The molecule has 4 heterocycles. The molecule has 4 aromatic rings. The molecule has 0 bridgehead atoms. The Bertz CT molecular complexity index is 2200. The number of esters is 2. The number of aromatic nitrogens is 2. The van der Waals surface area contributed by atoms with E-state index in [4.69, 9.17) is 21.1 Å². The van der Waals surface area contributed by atoms with Gasteiger partial charge >= 0.3 is 29.2 Å². The molecule has 2 aliphatic heterocycles. The number of rotatable bonds is 12. The summed E-state index contributed by atoms with van der Waals surface area (Å²) in [7, 11) is 0. The van der Waals surface area contributed by atoms with Crippen molar-refractivity contribution in [3.05, 3.63) is 77.8 Å². The van der Waals surface area contributed by atoms with Crippen LogP contribution in [0.1, 0.15) is 70.9 Å². The number of alkyl halides is 6. The maximum Gasteiger partial charge on any atom is 0.491 e. The number of benzene rings is 2. The van der Waals surface area contributed by atoms with Crippen molar-refractivity contribution in [2.45, 2.75) is 69.6 Å². The lowest BCUT2D eigenvalue weighted by molar-refractivity contribution is -0.205. The molecule has 314 valence electrons. The number of aromatic amines is 1. The van der Waals surface area contributed by atoms with Gasteiger partial charge < -0.3 is 29.4 Å². The van der Waals surface area contributed by atoms with Crippen molar-refractivity contribution in [2.75, 3.05) is 45.9 Å². The zero-order chi connectivity index (χ0) is 42.0. The molecule has 1 amide bonds. The van der Waals surface area contributed by atoms with Crippen LogP contribution in [0.15, 0.2) is 40.5 Å². The van der Waals surface area contributed by atoms with Gasteiger partial charge in [0.25, 0.3) is 5.91 Å². The molecular weight excluding hydrogens is 840 g/mol. The summed E-state index contributed by atoms with van der Waals surface area (Å²) in [5.41, 5.74) is 1.19. The minimum Gasteiger partial charge on any atom is -0.449 e. The fraction of sp³-hybridized carbons (Fsp3) is 0.486. The molecule has 58 heavy (non-hydrogen) atoms. The zero-order valence-corrected chi connectivity index (χ0v) is 33.4. The second-order valence-corrected chi connectivity index (χ2v) is 16.6. The maximum absolute atomic E-state index is 13.3. The molecule has 1 spiro atoms. The molecule has 0 saturated carbocycles. The molecule has 21 heteroatoms. The molecule has 0 radical (unpaired) electrons. The highest BCUT2D eigenvalue weighted by Crippen LogP contribution is 2.36. The molecular formula is C37H38ClF6N5O7S2. The highest BCUT2D eigenvalue weighted by atomic mass is 35.5. The van der Waals surface area contributed by atoms with E-state index in [1.165, 1.54) is 11.3 Å². The number of fused-ring (bicyclic) bond motifs is 1. The number of likely N-dealkylation sites (tertiary alicyclic amines) is 1. The summed E-state index contributed by atoms with van der Waals surface area (Å²) in [6, 6.07) is 7.45. The van der Waals surface area contributed by atoms with Gasteiger partial charge in [0.2, 0.25) is 0 Å². The van der Waals surface area contributed by atoms with Gasteiger partial charge in [-0.2, -0.15) is 26.3 Å². The van der Waals surface area contributed by atoms with Gasteiger partial charge in [-0.15, -0.1) is 11.3 Å². The first-order chi connectivity index (χ1) is 27.3. The van der Waals surface area contributed by atoms with Gasteiger partial charge in [-0.25, -0.2) is 14.6 Å². The SMILES string of the molecule is CC(C)c1nc(C(=O)N2CCOC3(CCN(Cc4ccc(Cl)c(CCNC[C@H](OC(=O)C(F)(F)F)c5ccc(OC(=O)C(F)(F)F)c6[nH]c(=O)sc56)c4)CC3)C2)cs1. The van der Waals surface area contributed by atoms with E-state index < -0.39 is 53.2 Å². The minimum atomic E-state index is -5.38. The average molecular weight is 878 g/mol. The Balaban J connectivity index is 1.06. The number of amides is 1. The smallest absolute Gasteiger partial charge is 0.449 e. The molecule has 12 nitrogen and oxygen atoms in total. The highest BCUT2D eigenvalue weighted by molar-refractivity contribution is 7.16. The standard InChI is InChI=1S/C37H38ClF6N5O7S2/c1-20(2)30-46-25(18-57-30)31(50)49-13-14-54-35(19-49)8-11-48(12-9-35)17-21-3-5-24(38)22(15-21)7-10-45-16-27(56-33(52)37(42,43)44)23-4-6-26(55-32(51)36(39,40)41)28-29(23)58-34(53)47-28/h3-6,15,18,20,27,45H,7-14,16-17,19H2,1-2H3,(H,47,53)/t27-/m0/s1. The number of thiazole rings is 2. The number of nitrogens with zero attached hydrogens (tertiary/aromatic N) is 3. The first-order valence-electron chi connectivity index (χ1n) is 18.1. The van der Waals surface area contributed by atoms with E-state index in [-0.39, 0.29) is 34.1 Å².